The second-order valence-corrected chi connectivity index (χ2v) is 7.09. The Balaban J connectivity index is 1.35. The summed E-state index contributed by atoms with van der Waals surface area (Å²) in [4.78, 5) is 28.7. The molecule has 0 fully saturated rings. The van der Waals surface area contributed by atoms with Crippen molar-refractivity contribution in [1.82, 2.24) is 4.98 Å². The number of ether oxygens (including phenoxy) is 4. The summed E-state index contributed by atoms with van der Waals surface area (Å²) in [6.45, 7) is 2.95. The highest BCUT2D eigenvalue weighted by molar-refractivity contribution is 7.22. The predicted molar refractivity (Wildman–Crippen MR) is 107 cm³/mol. The largest absolute Gasteiger partial charge is 0.494 e. The Morgan fingerprint density at radius 3 is 2.79 bits per heavy atom. The van der Waals surface area contributed by atoms with E-state index in [2.05, 4.69) is 10.3 Å². The minimum atomic E-state index is -0.622. The fraction of sp³-hybridized carbons (Fsp3) is 0.250. The van der Waals surface area contributed by atoms with Crippen LogP contribution in [-0.2, 0) is 9.53 Å². The molecule has 0 atom stereocenters. The molecule has 2 aromatic carbocycles. The number of hydrogen-bond acceptors (Lipinski definition) is 8. The van der Waals surface area contributed by atoms with Crippen LogP contribution in [0, 0.1) is 0 Å². The molecule has 1 aliphatic heterocycles. The summed E-state index contributed by atoms with van der Waals surface area (Å²) in [6, 6.07) is 10.3. The highest BCUT2D eigenvalue weighted by atomic mass is 32.1. The summed E-state index contributed by atoms with van der Waals surface area (Å²) in [7, 11) is 0. The summed E-state index contributed by atoms with van der Waals surface area (Å²) in [6.07, 6.45) is 0. The van der Waals surface area contributed by atoms with Gasteiger partial charge in [-0.1, -0.05) is 11.3 Å². The lowest BCUT2D eigenvalue weighted by Crippen LogP contribution is -2.21. The lowest BCUT2D eigenvalue weighted by atomic mass is 10.2. The van der Waals surface area contributed by atoms with Crippen LogP contribution in [0.1, 0.15) is 17.3 Å². The number of carbonyl (C=O) groups is 2. The van der Waals surface area contributed by atoms with Gasteiger partial charge in [0.2, 0.25) is 0 Å². The van der Waals surface area contributed by atoms with E-state index < -0.39 is 18.5 Å². The summed E-state index contributed by atoms with van der Waals surface area (Å²) in [5.74, 6) is 0.711. The number of fused-ring (bicyclic) bond motifs is 2. The first-order chi connectivity index (χ1) is 14.1. The van der Waals surface area contributed by atoms with Crippen LogP contribution in [0.2, 0.25) is 0 Å². The molecule has 0 saturated heterocycles. The normalized spacial score (nSPS) is 12.4. The first-order valence-electron chi connectivity index (χ1n) is 9.02. The molecule has 3 aromatic rings. The fourth-order valence-electron chi connectivity index (χ4n) is 2.75. The fourth-order valence-corrected chi connectivity index (χ4v) is 3.67. The molecular formula is C20H18N2O6S. The van der Waals surface area contributed by atoms with Crippen LogP contribution in [-0.4, -0.2) is 43.3 Å². The lowest BCUT2D eigenvalue weighted by Gasteiger charge is -2.18. The number of aromatic nitrogens is 1. The van der Waals surface area contributed by atoms with Gasteiger partial charge in [-0.3, -0.25) is 10.1 Å². The second kappa shape index (κ2) is 8.36. The number of nitrogens with one attached hydrogen (secondary N) is 1. The van der Waals surface area contributed by atoms with Crippen LogP contribution >= 0.6 is 11.3 Å². The molecule has 1 aromatic heterocycles. The Kier molecular flexibility index (Phi) is 5.48. The molecule has 1 aliphatic rings. The van der Waals surface area contributed by atoms with Gasteiger partial charge in [-0.2, -0.15) is 0 Å². The zero-order valence-electron chi connectivity index (χ0n) is 15.6. The molecule has 0 spiro atoms. The summed E-state index contributed by atoms with van der Waals surface area (Å²) >= 11 is 1.32. The van der Waals surface area contributed by atoms with E-state index in [1.54, 1.807) is 12.1 Å². The molecule has 0 radical (unpaired) electrons. The van der Waals surface area contributed by atoms with Crippen LogP contribution < -0.4 is 19.5 Å². The predicted octanol–water partition coefficient (Wildman–Crippen LogP) is 3.26. The standard InChI is InChI=1S/C20H18N2O6S/c1-2-25-13-4-5-14-17(10-13)29-20(21-14)22-18(23)11-28-19(24)12-3-6-15-16(9-12)27-8-7-26-15/h3-6,9-10H,2,7-8,11H2,1H3,(H,21,22,23). The van der Waals surface area contributed by atoms with Crippen molar-refractivity contribution in [3.05, 3.63) is 42.0 Å². The average molecular weight is 414 g/mol. The van der Waals surface area contributed by atoms with Crippen molar-refractivity contribution in [3.8, 4) is 17.2 Å². The van der Waals surface area contributed by atoms with Crippen molar-refractivity contribution >= 4 is 38.6 Å². The second-order valence-electron chi connectivity index (χ2n) is 6.06. The number of anilines is 1. The van der Waals surface area contributed by atoms with Crippen LogP contribution in [0.25, 0.3) is 10.2 Å². The number of amides is 1. The molecule has 4 rings (SSSR count). The lowest BCUT2D eigenvalue weighted by molar-refractivity contribution is -0.119. The number of hydrogen-bond donors (Lipinski definition) is 1. The highest BCUT2D eigenvalue weighted by Crippen LogP contribution is 2.31. The summed E-state index contributed by atoms with van der Waals surface area (Å²) in [5, 5.41) is 3.07. The van der Waals surface area contributed by atoms with Gasteiger partial charge in [0.1, 0.15) is 19.0 Å². The Morgan fingerprint density at radius 1 is 1.14 bits per heavy atom. The number of thiazole rings is 1. The topological polar surface area (TPSA) is 96.0 Å². The summed E-state index contributed by atoms with van der Waals surface area (Å²) < 4.78 is 22.3. The van der Waals surface area contributed by atoms with Gasteiger partial charge >= 0.3 is 5.97 Å². The number of carbonyl (C=O) groups excluding carboxylic acids is 2. The van der Waals surface area contributed by atoms with Crippen molar-refractivity contribution in [3.63, 3.8) is 0 Å². The van der Waals surface area contributed by atoms with Crippen molar-refractivity contribution in [2.24, 2.45) is 0 Å². The van der Waals surface area contributed by atoms with Crippen molar-refractivity contribution in [2.75, 3.05) is 31.7 Å². The van der Waals surface area contributed by atoms with Crippen LogP contribution in [0.4, 0.5) is 5.13 Å². The maximum absolute atomic E-state index is 12.2. The first-order valence-corrected chi connectivity index (χ1v) is 9.84. The average Bonchev–Trinajstić information content (AvgIpc) is 3.13. The zero-order chi connectivity index (χ0) is 20.2. The SMILES string of the molecule is CCOc1ccc2nc(NC(=O)COC(=O)c3ccc4c(c3)OCCO4)sc2c1. The van der Waals surface area contributed by atoms with Gasteiger partial charge in [0.25, 0.3) is 5.91 Å². The minimum Gasteiger partial charge on any atom is -0.494 e. The molecular weight excluding hydrogens is 396 g/mol. The third-order valence-corrected chi connectivity index (χ3v) is 4.96. The Labute approximate surface area is 170 Å². The van der Waals surface area contributed by atoms with Gasteiger partial charge in [0.15, 0.2) is 23.2 Å². The van der Waals surface area contributed by atoms with Crippen molar-refractivity contribution in [1.29, 1.82) is 0 Å². The van der Waals surface area contributed by atoms with E-state index in [1.807, 2.05) is 25.1 Å². The smallest absolute Gasteiger partial charge is 0.338 e. The van der Waals surface area contributed by atoms with E-state index in [1.165, 1.54) is 17.4 Å². The maximum atomic E-state index is 12.2. The third kappa shape index (κ3) is 4.40. The van der Waals surface area contributed by atoms with Crippen molar-refractivity contribution in [2.45, 2.75) is 6.92 Å². The van der Waals surface area contributed by atoms with E-state index in [9.17, 15) is 9.59 Å². The first kappa shape index (κ1) is 19.0. The molecule has 0 aliphatic carbocycles. The molecule has 1 N–H and O–H groups in total. The van der Waals surface area contributed by atoms with Crippen LogP contribution in [0.3, 0.4) is 0 Å². The highest BCUT2D eigenvalue weighted by Gasteiger charge is 2.17. The van der Waals surface area contributed by atoms with Gasteiger partial charge in [0.05, 0.1) is 22.4 Å². The van der Waals surface area contributed by atoms with E-state index in [0.29, 0.717) is 36.5 Å². The summed E-state index contributed by atoms with van der Waals surface area (Å²) in [5.41, 5.74) is 1.03. The van der Waals surface area contributed by atoms with E-state index in [0.717, 1.165) is 16.0 Å². The van der Waals surface area contributed by atoms with Gasteiger partial charge in [0, 0.05) is 0 Å². The number of nitrogens with zero attached hydrogens (tertiary/aromatic N) is 1. The number of rotatable bonds is 6. The van der Waals surface area contributed by atoms with Crippen LogP contribution in [0.5, 0.6) is 17.2 Å². The molecule has 9 heteroatoms. The number of esters is 1. The molecule has 0 saturated carbocycles. The minimum absolute atomic E-state index is 0.283. The molecule has 2 heterocycles. The van der Waals surface area contributed by atoms with Gasteiger partial charge in [-0.15, -0.1) is 0 Å². The quantitative estimate of drug-likeness (QED) is 0.619. The van der Waals surface area contributed by atoms with Gasteiger partial charge in [-0.05, 0) is 43.3 Å². The van der Waals surface area contributed by atoms with E-state index in [4.69, 9.17) is 18.9 Å². The van der Waals surface area contributed by atoms with Crippen LogP contribution in [0.15, 0.2) is 36.4 Å². The Hall–Kier alpha value is -3.33. The van der Waals surface area contributed by atoms with E-state index in [-0.39, 0.29) is 5.56 Å². The molecule has 150 valence electrons. The van der Waals surface area contributed by atoms with Gasteiger partial charge < -0.3 is 18.9 Å². The molecule has 29 heavy (non-hydrogen) atoms. The van der Waals surface area contributed by atoms with Crippen molar-refractivity contribution < 1.29 is 28.5 Å². The monoisotopic (exact) mass is 414 g/mol. The molecule has 0 bridgehead atoms. The third-order valence-electron chi connectivity index (χ3n) is 4.03. The zero-order valence-corrected chi connectivity index (χ0v) is 16.4. The molecule has 0 unspecified atom stereocenters. The van der Waals surface area contributed by atoms with E-state index >= 15 is 0 Å². The molecule has 1 amide bonds. The van der Waals surface area contributed by atoms with Gasteiger partial charge in [-0.25, -0.2) is 9.78 Å². The Bertz CT molecular complexity index is 1060. The Morgan fingerprint density at radius 2 is 1.97 bits per heavy atom. The maximum Gasteiger partial charge on any atom is 0.338 e. The number of benzene rings is 2. The molecule has 8 nitrogen and oxygen atoms in total.